The quantitative estimate of drug-likeness (QED) is 0.237. The first-order valence-corrected chi connectivity index (χ1v) is 12.5. The molecule has 0 radical (unpaired) electrons. The minimum absolute atomic E-state index is 0.0414. The molecule has 1 amide bonds. The van der Waals surface area contributed by atoms with E-state index in [1.54, 1.807) is 24.8 Å². The van der Waals surface area contributed by atoms with Gasteiger partial charge in [-0.1, -0.05) is 37.6 Å². The van der Waals surface area contributed by atoms with E-state index in [2.05, 4.69) is 35.5 Å². The Labute approximate surface area is 222 Å². The summed E-state index contributed by atoms with van der Waals surface area (Å²) in [7, 11) is 0. The van der Waals surface area contributed by atoms with E-state index >= 15 is 0 Å². The number of halogens is 1. The Balaban J connectivity index is 1.38. The minimum Gasteiger partial charge on any atom is -0.325 e. The lowest BCUT2D eigenvalue weighted by Crippen LogP contribution is -2.13. The van der Waals surface area contributed by atoms with Crippen molar-refractivity contribution in [2.45, 2.75) is 20.3 Å². The number of anilines is 1. The number of amides is 1. The second-order valence-electron chi connectivity index (χ2n) is 9.45. The number of fused-ring (bicyclic) bond motifs is 2. The predicted octanol–water partition coefficient (Wildman–Crippen LogP) is 6.26. The van der Waals surface area contributed by atoms with Gasteiger partial charge in [-0.25, -0.2) is 15.0 Å². The highest BCUT2D eigenvalue weighted by Gasteiger charge is 2.17. The summed E-state index contributed by atoms with van der Waals surface area (Å²) < 4.78 is 0. The summed E-state index contributed by atoms with van der Waals surface area (Å²) in [6.45, 7) is 4.02. The topological polar surface area (TPSA) is 125 Å². The van der Waals surface area contributed by atoms with Gasteiger partial charge in [0.2, 0.25) is 5.91 Å². The zero-order valence-corrected chi connectivity index (χ0v) is 21.4. The van der Waals surface area contributed by atoms with Crippen LogP contribution in [0.4, 0.5) is 5.69 Å². The van der Waals surface area contributed by atoms with E-state index in [4.69, 9.17) is 16.6 Å². The molecule has 0 aliphatic rings. The van der Waals surface area contributed by atoms with E-state index in [0.29, 0.717) is 39.9 Å². The van der Waals surface area contributed by atoms with Crippen molar-refractivity contribution in [2.24, 2.45) is 5.92 Å². The SMILES string of the molecule is CC(C)CC(=O)Nc1cncc(-c2cnc3[nH]nc(-c4nc5c(-c6cccc(Cl)c6)ccnc5[nH]4)c3c2)c1. The number of hydrogen-bond donors (Lipinski definition) is 3. The molecule has 38 heavy (non-hydrogen) atoms. The van der Waals surface area contributed by atoms with Crippen molar-refractivity contribution in [1.82, 2.24) is 35.1 Å². The van der Waals surface area contributed by atoms with Crippen LogP contribution in [0, 0.1) is 5.92 Å². The van der Waals surface area contributed by atoms with Crippen molar-refractivity contribution in [3.05, 3.63) is 72.3 Å². The molecule has 5 heterocycles. The summed E-state index contributed by atoms with van der Waals surface area (Å²) in [5.41, 5.74) is 6.78. The van der Waals surface area contributed by atoms with E-state index < -0.39 is 0 Å². The predicted molar refractivity (Wildman–Crippen MR) is 149 cm³/mol. The Morgan fingerprint density at radius 3 is 2.71 bits per heavy atom. The molecule has 0 bridgehead atoms. The van der Waals surface area contributed by atoms with Crippen molar-refractivity contribution in [1.29, 1.82) is 0 Å². The number of aromatic nitrogens is 7. The van der Waals surface area contributed by atoms with Crippen molar-refractivity contribution in [3.8, 4) is 33.8 Å². The molecule has 0 aliphatic carbocycles. The van der Waals surface area contributed by atoms with Crippen LogP contribution in [0.3, 0.4) is 0 Å². The molecule has 0 saturated heterocycles. The van der Waals surface area contributed by atoms with Crippen LogP contribution in [0.5, 0.6) is 0 Å². The average Bonchev–Trinajstić information content (AvgIpc) is 3.52. The van der Waals surface area contributed by atoms with Gasteiger partial charge in [0.1, 0.15) is 11.2 Å². The Morgan fingerprint density at radius 2 is 1.87 bits per heavy atom. The number of H-pyrrole nitrogens is 2. The monoisotopic (exact) mass is 522 g/mol. The fraction of sp³-hybridized carbons (Fsp3) is 0.143. The van der Waals surface area contributed by atoms with Crippen LogP contribution >= 0.6 is 11.6 Å². The molecule has 0 aliphatic heterocycles. The first kappa shape index (κ1) is 23.7. The maximum atomic E-state index is 12.2. The summed E-state index contributed by atoms with van der Waals surface area (Å²) in [4.78, 5) is 33.7. The lowest BCUT2D eigenvalue weighted by Gasteiger charge is -2.08. The number of hydrogen-bond acceptors (Lipinski definition) is 6. The fourth-order valence-electron chi connectivity index (χ4n) is 4.40. The number of carbonyl (C=O) groups excluding carboxylic acids is 1. The number of benzene rings is 1. The van der Waals surface area contributed by atoms with Crippen LogP contribution in [-0.2, 0) is 4.79 Å². The van der Waals surface area contributed by atoms with Gasteiger partial charge in [0, 0.05) is 46.7 Å². The van der Waals surface area contributed by atoms with Crippen molar-refractivity contribution < 1.29 is 4.79 Å². The van der Waals surface area contributed by atoms with Gasteiger partial charge < -0.3 is 10.3 Å². The lowest BCUT2D eigenvalue weighted by molar-refractivity contribution is -0.116. The Kier molecular flexibility index (Phi) is 6.05. The van der Waals surface area contributed by atoms with Crippen LogP contribution in [0.1, 0.15) is 20.3 Å². The molecule has 6 aromatic rings. The molecule has 5 aromatic heterocycles. The molecule has 0 atom stereocenters. The standard InChI is InChI=1S/C28H23ClN8O/c1-15(2)8-23(38)33-20-10-17(12-30-14-20)18-11-22-25(36-37-26(22)32-13-18)28-34-24-21(6-7-31-27(24)35-28)16-4-3-5-19(29)9-16/h3-7,9-15H,8H2,1-2H3,(H,33,38)(H,31,34,35)(H,32,36,37). The highest BCUT2D eigenvalue weighted by atomic mass is 35.5. The normalized spacial score (nSPS) is 11.5. The minimum atomic E-state index is -0.0414. The number of rotatable bonds is 6. The third kappa shape index (κ3) is 4.59. The summed E-state index contributed by atoms with van der Waals surface area (Å²) in [6.07, 6.45) is 7.31. The molecule has 10 heteroatoms. The Hall–Kier alpha value is -4.63. The van der Waals surface area contributed by atoms with Gasteiger partial charge >= 0.3 is 0 Å². The smallest absolute Gasteiger partial charge is 0.224 e. The number of carbonyl (C=O) groups is 1. The zero-order valence-electron chi connectivity index (χ0n) is 20.7. The van der Waals surface area contributed by atoms with E-state index in [0.717, 1.165) is 33.2 Å². The second-order valence-corrected chi connectivity index (χ2v) is 9.89. The Morgan fingerprint density at radius 1 is 1.00 bits per heavy atom. The second kappa shape index (κ2) is 9.68. The van der Waals surface area contributed by atoms with Crippen molar-refractivity contribution in [3.63, 3.8) is 0 Å². The summed E-state index contributed by atoms with van der Waals surface area (Å²) in [5.74, 6) is 0.799. The number of pyridine rings is 3. The highest BCUT2D eigenvalue weighted by molar-refractivity contribution is 6.30. The fourth-order valence-corrected chi connectivity index (χ4v) is 4.59. The molecular weight excluding hydrogens is 500 g/mol. The molecule has 9 nitrogen and oxygen atoms in total. The first-order valence-electron chi connectivity index (χ1n) is 12.1. The molecule has 0 fully saturated rings. The van der Waals surface area contributed by atoms with Crippen LogP contribution in [-0.4, -0.2) is 41.0 Å². The van der Waals surface area contributed by atoms with Crippen molar-refractivity contribution in [2.75, 3.05) is 5.32 Å². The van der Waals surface area contributed by atoms with Gasteiger partial charge in [-0.15, -0.1) is 0 Å². The first-order chi connectivity index (χ1) is 18.4. The third-order valence-corrected chi connectivity index (χ3v) is 6.35. The summed E-state index contributed by atoms with van der Waals surface area (Å²) in [6, 6.07) is 13.4. The van der Waals surface area contributed by atoms with Gasteiger partial charge in [0.15, 0.2) is 17.1 Å². The number of nitrogens with zero attached hydrogens (tertiary/aromatic N) is 5. The van der Waals surface area contributed by atoms with Crippen LogP contribution in [0.25, 0.3) is 56.0 Å². The number of aromatic amines is 2. The van der Waals surface area contributed by atoms with E-state index in [1.807, 2.05) is 56.3 Å². The lowest BCUT2D eigenvalue weighted by atomic mass is 10.1. The molecule has 1 aromatic carbocycles. The highest BCUT2D eigenvalue weighted by Crippen LogP contribution is 2.32. The van der Waals surface area contributed by atoms with Gasteiger partial charge in [-0.05, 0) is 41.8 Å². The molecule has 0 unspecified atom stereocenters. The molecule has 6 rings (SSSR count). The molecule has 188 valence electrons. The van der Waals surface area contributed by atoms with E-state index in [-0.39, 0.29) is 11.8 Å². The molecule has 0 spiro atoms. The van der Waals surface area contributed by atoms with Crippen LogP contribution in [0.15, 0.2) is 67.3 Å². The molecular formula is C28H23ClN8O. The van der Waals surface area contributed by atoms with Gasteiger partial charge in [-0.3, -0.25) is 14.9 Å². The number of nitrogens with one attached hydrogen (secondary N) is 3. The molecule has 3 N–H and O–H groups in total. The maximum Gasteiger partial charge on any atom is 0.224 e. The van der Waals surface area contributed by atoms with Crippen LogP contribution in [0.2, 0.25) is 5.02 Å². The number of imidazole rings is 1. The van der Waals surface area contributed by atoms with E-state index in [9.17, 15) is 4.79 Å². The Bertz CT molecular complexity index is 1810. The van der Waals surface area contributed by atoms with E-state index in [1.165, 1.54) is 0 Å². The van der Waals surface area contributed by atoms with Gasteiger partial charge in [-0.2, -0.15) is 5.10 Å². The van der Waals surface area contributed by atoms with Crippen LogP contribution < -0.4 is 5.32 Å². The summed E-state index contributed by atoms with van der Waals surface area (Å²) in [5, 5.41) is 11.8. The third-order valence-electron chi connectivity index (χ3n) is 6.11. The maximum absolute atomic E-state index is 12.2. The summed E-state index contributed by atoms with van der Waals surface area (Å²) >= 11 is 6.23. The van der Waals surface area contributed by atoms with Gasteiger partial charge in [0.25, 0.3) is 0 Å². The van der Waals surface area contributed by atoms with Gasteiger partial charge in [0.05, 0.1) is 17.3 Å². The average molecular weight is 523 g/mol. The molecule has 0 saturated carbocycles. The largest absolute Gasteiger partial charge is 0.325 e. The zero-order chi connectivity index (χ0) is 26.2. The van der Waals surface area contributed by atoms with Crippen molar-refractivity contribution >= 4 is 45.4 Å².